The number of hydrogen-bond donors (Lipinski definition) is 2. The third-order valence-corrected chi connectivity index (χ3v) is 3.34. The van der Waals surface area contributed by atoms with Crippen molar-refractivity contribution in [2.24, 2.45) is 5.92 Å². The fourth-order valence-corrected chi connectivity index (χ4v) is 1.79. The molecule has 1 rings (SSSR count). The molecule has 1 aromatic rings. The normalized spacial score (nSPS) is 11.8. The Morgan fingerprint density at radius 2 is 1.95 bits per heavy atom. The molecule has 0 aliphatic rings. The number of hydrogen-bond acceptors (Lipinski definition) is 2. The maximum atomic E-state index is 12.1. The van der Waals surface area contributed by atoms with Crippen molar-refractivity contribution in [2.75, 3.05) is 18.4 Å². The van der Waals surface area contributed by atoms with E-state index in [0.29, 0.717) is 6.54 Å². The van der Waals surface area contributed by atoms with Crippen LogP contribution in [0, 0.1) is 19.8 Å². The molecule has 5 heteroatoms. The second-order valence-electron chi connectivity index (χ2n) is 5.01. The molecule has 110 valence electrons. The lowest BCUT2D eigenvalue weighted by molar-refractivity contribution is -0.141. The van der Waals surface area contributed by atoms with Gasteiger partial charge >= 0.3 is 12.0 Å². The van der Waals surface area contributed by atoms with E-state index in [0.717, 1.165) is 16.8 Å². The molecule has 0 heterocycles. The Hall–Kier alpha value is -2.04. The molecular formula is C15H22N2O3. The number of carbonyl (C=O) groups excluding carboxylic acids is 1. The summed E-state index contributed by atoms with van der Waals surface area (Å²) in [6, 6.07) is 5.42. The Balaban J connectivity index is 2.72. The number of amides is 2. The Bertz CT molecular complexity index is 500. The summed E-state index contributed by atoms with van der Waals surface area (Å²) in [6.07, 6.45) is 0. The quantitative estimate of drug-likeness (QED) is 0.870. The molecule has 2 N–H and O–H groups in total. The number of urea groups is 1. The van der Waals surface area contributed by atoms with Gasteiger partial charge in [-0.15, -0.1) is 0 Å². The van der Waals surface area contributed by atoms with Crippen LogP contribution in [0.1, 0.15) is 25.0 Å². The van der Waals surface area contributed by atoms with Gasteiger partial charge in [0, 0.05) is 18.8 Å². The molecule has 0 spiro atoms. The van der Waals surface area contributed by atoms with Gasteiger partial charge in [0.15, 0.2) is 0 Å². The van der Waals surface area contributed by atoms with Crippen molar-refractivity contribution in [2.45, 2.75) is 27.7 Å². The Morgan fingerprint density at radius 3 is 2.45 bits per heavy atom. The second kappa shape index (κ2) is 6.93. The summed E-state index contributed by atoms with van der Waals surface area (Å²) < 4.78 is 0. The largest absolute Gasteiger partial charge is 0.481 e. The SMILES string of the molecule is CCN(CC(C)C(=O)O)C(=O)Nc1ccc(C)c(C)c1. The van der Waals surface area contributed by atoms with Gasteiger partial charge in [0.1, 0.15) is 0 Å². The van der Waals surface area contributed by atoms with Crippen LogP contribution in [-0.2, 0) is 4.79 Å². The van der Waals surface area contributed by atoms with Gasteiger partial charge in [-0.25, -0.2) is 4.79 Å². The smallest absolute Gasteiger partial charge is 0.321 e. The highest BCUT2D eigenvalue weighted by Gasteiger charge is 2.19. The highest BCUT2D eigenvalue weighted by atomic mass is 16.4. The molecule has 1 aromatic carbocycles. The molecule has 0 aliphatic heterocycles. The van der Waals surface area contributed by atoms with E-state index in [1.54, 1.807) is 6.92 Å². The number of carbonyl (C=O) groups is 2. The fourth-order valence-electron chi connectivity index (χ4n) is 1.79. The van der Waals surface area contributed by atoms with Crippen LogP contribution < -0.4 is 5.32 Å². The van der Waals surface area contributed by atoms with Gasteiger partial charge in [0.25, 0.3) is 0 Å². The fraction of sp³-hybridized carbons (Fsp3) is 0.467. The van der Waals surface area contributed by atoms with E-state index < -0.39 is 11.9 Å². The number of aryl methyl sites for hydroxylation is 2. The number of aliphatic carboxylic acids is 1. The standard InChI is InChI=1S/C15H22N2O3/c1-5-17(9-12(4)14(18)19)15(20)16-13-7-6-10(2)11(3)8-13/h6-8,12H,5,9H2,1-4H3,(H,16,20)(H,18,19). The van der Waals surface area contributed by atoms with Crippen molar-refractivity contribution in [1.29, 1.82) is 0 Å². The Labute approximate surface area is 119 Å². The lowest BCUT2D eigenvalue weighted by Crippen LogP contribution is -2.39. The lowest BCUT2D eigenvalue weighted by Gasteiger charge is -2.23. The first-order chi connectivity index (χ1) is 9.35. The van der Waals surface area contributed by atoms with Gasteiger partial charge in [-0.2, -0.15) is 0 Å². The van der Waals surface area contributed by atoms with Crippen LogP contribution in [0.3, 0.4) is 0 Å². The lowest BCUT2D eigenvalue weighted by atomic mass is 10.1. The number of rotatable bonds is 5. The van der Waals surface area contributed by atoms with Gasteiger partial charge in [-0.1, -0.05) is 13.0 Å². The van der Waals surface area contributed by atoms with E-state index in [2.05, 4.69) is 5.32 Å². The molecule has 0 saturated carbocycles. The number of benzene rings is 1. The molecule has 0 fully saturated rings. The predicted molar refractivity (Wildman–Crippen MR) is 79.0 cm³/mol. The van der Waals surface area contributed by atoms with Crippen molar-refractivity contribution in [3.05, 3.63) is 29.3 Å². The van der Waals surface area contributed by atoms with Gasteiger partial charge in [-0.05, 0) is 44.0 Å². The minimum atomic E-state index is -0.901. The van der Waals surface area contributed by atoms with Crippen LogP contribution in [0.25, 0.3) is 0 Å². The van der Waals surface area contributed by atoms with Gasteiger partial charge < -0.3 is 15.3 Å². The monoisotopic (exact) mass is 278 g/mol. The first kappa shape index (κ1) is 16.0. The average molecular weight is 278 g/mol. The van der Waals surface area contributed by atoms with Crippen molar-refractivity contribution in [1.82, 2.24) is 4.90 Å². The second-order valence-corrected chi connectivity index (χ2v) is 5.01. The summed E-state index contributed by atoms with van der Waals surface area (Å²) in [5.74, 6) is -1.48. The summed E-state index contributed by atoms with van der Waals surface area (Å²) in [5.41, 5.74) is 2.99. The topological polar surface area (TPSA) is 69.6 Å². The minimum absolute atomic E-state index is 0.197. The van der Waals surface area contributed by atoms with Crippen molar-refractivity contribution in [3.8, 4) is 0 Å². The predicted octanol–water partition coefficient (Wildman–Crippen LogP) is 2.88. The number of carboxylic acid groups (broad SMARTS) is 1. The number of nitrogens with one attached hydrogen (secondary N) is 1. The Kier molecular flexibility index (Phi) is 5.55. The molecular weight excluding hydrogens is 256 g/mol. The van der Waals surface area contributed by atoms with Crippen LogP contribution in [0.2, 0.25) is 0 Å². The van der Waals surface area contributed by atoms with Crippen LogP contribution in [0.4, 0.5) is 10.5 Å². The zero-order valence-electron chi connectivity index (χ0n) is 12.4. The first-order valence-corrected chi connectivity index (χ1v) is 6.71. The van der Waals surface area contributed by atoms with Gasteiger partial charge in [0.2, 0.25) is 0 Å². The highest BCUT2D eigenvalue weighted by Crippen LogP contribution is 2.15. The molecule has 1 atom stereocenters. The molecule has 0 aliphatic carbocycles. The van der Waals surface area contributed by atoms with Crippen LogP contribution in [0.15, 0.2) is 18.2 Å². The van der Waals surface area contributed by atoms with Gasteiger partial charge in [-0.3, -0.25) is 4.79 Å². The summed E-state index contributed by atoms with van der Waals surface area (Å²) in [4.78, 5) is 24.5. The van der Waals surface area contributed by atoms with E-state index >= 15 is 0 Å². The van der Waals surface area contributed by atoms with E-state index in [-0.39, 0.29) is 12.6 Å². The van der Waals surface area contributed by atoms with Gasteiger partial charge in [0.05, 0.1) is 5.92 Å². The zero-order valence-corrected chi connectivity index (χ0v) is 12.4. The molecule has 0 bridgehead atoms. The van der Waals surface area contributed by atoms with Crippen molar-refractivity contribution >= 4 is 17.7 Å². The van der Waals surface area contributed by atoms with E-state index in [1.165, 1.54) is 4.90 Å². The van der Waals surface area contributed by atoms with Crippen LogP contribution in [-0.4, -0.2) is 35.1 Å². The van der Waals surface area contributed by atoms with E-state index in [1.807, 2.05) is 39.0 Å². The van der Waals surface area contributed by atoms with Crippen LogP contribution in [0.5, 0.6) is 0 Å². The number of nitrogens with zero attached hydrogens (tertiary/aromatic N) is 1. The van der Waals surface area contributed by atoms with Crippen molar-refractivity contribution < 1.29 is 14.7 Å². The van der Waals surface area contributed by atoms with Crippen LogP contribution >= 0.6 is 0 Å². The molecule has 0 aromatic heterocycles. The number of carboxylic acids is 1. The molecule has 5 nitrogen and oxygen atoms in total. The zero-order chi connectivity index (χ0) is 15.3. The molecule has 0 radical (unpaired) electrons. The van der Waals surface area contributed by atoms with E-state index in [9.17, 15) is 9.59 Å². The highest BCUT2D eigenvalue weighted by molar-refractivity contribution is 5.89. The average Bonchev–Trinajstić information content (AvgIpc) is 2.39. The Morgan fingerprint density at radius 1 is 1.30 bits per heavy atom. The molecule has 0 saturated heterocycles. The number of anilines is 1. The van der Waals surface area contributed by atoms with Crippen molar-refractivity contribution in [3.63, 3.8) is 0 Å². The molecule has 1 unspecified atom stereocenters. The molecule has 2 amide bonds. The summed E-state index contributed by atoms with van der Waals surface area (Å²) in [7, 11) is 0. The maximum absolute atomic E-state index is 12.1. The maximum Gasteiger partial charge on any atom is 0.321 e. The van der Waals surface area contributed by atoms with E-state index in [4.69, 9.17) is 5.11 Å². The summed E-state index contributed by atoms with van der Waals surface area (Å²) in [5, 5.41) is 11.7. The third kappa shape index (κ3) is 4.26. The summed E-state index contributed by atoms with van der Waals surface area (Å²) >= 11 is 0. The summed E-state index contributed by atoms with van der Waals surface area (Å²) in [6.45, 7) is 8.07. The third-order valence-electron chi connectivity index (χ3n) is 3.34. The molecule has 20 heavy (non-hydrogen) atoms. The minimum Gasteiger partial charge on any atom is -0.481 e. The first-order valence-electron chi connectivity index (χ1n) is 6.71.